The van der Waals surface area contributed by atoms with Crippen molar-refractivity contribution < 1.29 is 23.8 Å². The van der Waals surface area contributed by atoms with Gasteiger partial charge in [-0.15, -0.1) is 0 Å². The Labute approximate surface area is 172 Å². The van der Waals surface area contributed by atoms with Crippen molar-refractivity contribution in [3.8, 4) is 11.5 Å². The fourth-order valence-corrected chi connectivity index (χ4v) is 4.39. The van der Waals surface area contributed by atoms with Gasteiger partial charge >= 0.3 is 5.97 Å². The molecule has 2 aliphatic heterocycles. The van der Waals surface area contributed by atoms with Gasteiger partial charge in [0.25, 0.3) is 0 Å². The smallest absolute Gasteiger partial charge is 0.310 e. The summed E-state index contributed by atoms with van der Waals surface area (Å²) in [5.74, 6) is 1.23. The number of ether oxygens (including phenoxy) is 3. The minimum atomic E-state index is -0.205. The first-order valence-electron chi connectivity index (χ1n) is 10.5. The summed E-state index contributed by atoms with van der Waals surface area (Å²) in [4.78, 5) is 29.1. The highest BCUT2D eigenvalue weighted by Gasteiger charge is 2.33. The van der Waals surface area contributed by atoms with E-state index in [2.05, 4.69) is 4.90 Å². The van der Waals surface area contributed by atoms with Gasteiger partial charge in [-0.05, 0) is 45.2 Å². The zero-order valence-electron chi connectivity index (χ0n) is 17.7. The second kappa shape index (κ2) is 9.96. The monoisotopic (exact) mass is 404 g/mol. The molecule has 2 fully saturated rings. The summed E-state index contributed by atoms with van der Waals surface area (Å²) in [6.45, 7) is 4.59. The molecule has 3 rings (SSSR count). The fraction of sp³-hybridized carbons (Fsp3) is 0.636. The normalized spacial score (nSPS) is 22.4. The molecule has 7 nitrogen and oxygen atoms in total. The Morgan fingerprint density at radius 1 is 1.10 bits per heavy atom. The quantitative estimate of drug-likeness (QED) is 0.651. The average molecular weight is 405 g/mol. The molecule has 0 radical (unpaired) electrons. The molecule has 0 aromatic heterocycles. The van der Waals surface area contributed by atoms with Gasteiger partial charge in [0.15, 0.2) is 0 Å². The summed E-state index contributed by atoms with van der Waals surface area (Å²) in [5, 5.41) is 0. The number of hydrogen-bond donors (Lipinski definition) is 0. The van der Waals surface area contributed by atoms with Gasteiger partial charge in [0, 0.05) is 30.8 Å². The lowest BCUT2D eigenvalue weighted by molar-refractivity contribution is -0.151. The maximum atomic E-state index is 13.0. The van der Waals surface area contributed by atoms with E-state index in [1.54, 1.807) is 14.2 Å². The van der Waals surface area contributed by atoms with E-state index in [1.165, 1.54) is 0 Å². The molecule has 0 bridgehead atoms. The maximum absolute atomic E-state index is 13.0. The van der Waals surface area contributed by atoms with Crippen molar-refractivity contribution in [1.29, 1.82) is 0 Å². The third kappa shape index (κ3) is 5.01. The maximum Gasteiger partial charge on any atom is 0.310 e. The predicted octanol–water partition coefficient (Wildman–Crippen LogP) is 2.64. The first-order valence-corrected chi connectivity index (χ1v) is 10.5. The molecule has 7 heteroatoms. The lowest BCUT2D eigenvalue weighted by Gasteiger charge is -2.34. The molecule has 0 saturated carbocycles. The molecule has 1 aromatic carbocycles. The van der Waals surface area contributed by atoms with Crippen LogP contribution in [-0.4, -0.2) is 68.7 Å². The Balaban J connectivity index is 1.66. The highest BCUT2D eigenvalue weighted by atomic mass is 16.5. The second-order valence-electron chi connectivity index (χ2n) is 7.67. The molecule has 1 amide bonds. The van der Waals surface area contributed by atoms with E-state index in [4.69, 9.17) is 14.2 Å². The van der Waals surface area contributed by atoms with Crippen molar-refractivity contribution in [2.45, 2.75) is 38.6 Å². The Hall–Kier alpha value is -2.28. The van der Waals surface area contributed by atoms with Gasteiger partial charge in [0.2, 0.25) is 5.91 Å². The van der Waals surface area contributed by atoms with Crippen molar-refractivity contribution in [3.05, 3.63) is 23.8 Å². The molecular weight excluding hydrogens is 372 g/mol. The minimum Gasteiger partial charge on any atom is -0.497 e. The Bertz CT molecular complexity index is 723. The van der Waals surface area contributed by atoms with Crippen LogP contribution < -0.4 is 9.47 Å². The molecule has 0 unspecified atom stereocenters. The first kappa shape index (κ1) is 21.4. The van der Waals surface area contributed by atoms with Crippen molar-refractivity contribution in [1.82, 2.24) is 9.80 Å². The minimum absolute atomic E-state index is 0.0818. The molecular formula is C22H32N2O5. The van der Waals surface area contributed by atoms with Gasteiger partial charge in [0.1, 0.15) is 11.5 Å². The van der Waals surface area contributed by atoms with Crippen LogP contribution in [0.5, 0.6) is 11.5 Å². The van der Waals surface area contributed by atoms with Crippen molar-refractivity contribution >= 4 is 11.9 Å². The number of likely N-dealkylation sites (tertiary alicyclic amines) is 2. The number of rotatable bonds is 7. The number of amides is 1. The lowest BCUT2D eigenvalue weighted by Crippen LogP contribution is -2.46. The van der Waals surface area contributed by atoms with Crippen LogP contribution in [0.15, 0.2) is 18.2 Å². The lowest BCUT2D eigenvalue weighted by atomic mass is 9.98. The van der Waals surface area contributed by atoms with Gasteiger partial charge in [-0.1, -0.05) is 6.07 Å². The molecule has 0 N–H and O–H groups in total. The Morgan fingerprint density at radius 2 is 1.90 bits per heavy atom. The number of esters is 1. The topological polar surface area (TPSA) is 68.3 Å². The van der Waals surface area contributed by atoms with E-state index >= 15 is 0 Å². The molecule has 2 atom stereocenters. The summed E-state index contributed by atoms with van der Waals surface area (Å²) < 4.78 is 16.0. The van der Waals surface area contributed by atoms with Gasteiger partial charge < -0.3 is 19.1 Å². The summed E-state index contributed by atoms with van der Waals surface area (Å²) in [6, 6.07) is 6.00. The van der Waals surface area contributed by atoms with Crippen molar-refractivity contribution in [2.24, 2.45) is 5.92 Å². The highest BCUT2D eigenvalue weighted by molar-refractivity contribution is 5.80. The number of benzene rings is 1. The van der Waals surface area contributed by atoms with Crippen LogP contribution in [0.4, 0.5) is 0 Å². The van der Waals surface area contributed by atoms with Gasteiger partial charge in [-0.2, -0.15) is 0 Å². The van der Waals surface area contributed by atoms with Crippen LogP contribution in [0.3, 0.4) is 0 Å². The number of methoxy groups -OCH3 is 2. The highest BCUT2D eigenvalue weighted by Crippen LogP contribution is 2.38. The van der Waals surface area contributed by atoms with E-state index in [0.29, 0.717) is 26.2 Å². The predicted molar refractivity (Wildman–Crippen MR) is 109 cm³/mol. The molecule has 160 valence electrons. The van der Waals surface area contributed by atoms with Gasteiger partial charge in [-0.3, -0.25) is 14.5 Å². The number of piperidine rings is 1. The largest absolute Gasteiger partial charge is 0.497 e. The summed E-state index contributed by atoms with van der Waals surface area (Å²) in [6.07, 6.45) is 3.66. The zero-order valence-corrected chi connectivity index (χ0v) is 17.7. The van der Waals surface area contributed by atoms with Crippen LogP contribution >= 0.6 is 0 Å². The zero-order chi connectivity index (χ0) is 20.8. The molecule has 29 heavy (non-hydrogen) atoms. The van der Waals surface area contributed by atoms with Crippen molar-refractivity contribution in [2.75, 3.05) is 47.0 Å². The Kier molecular flexibility index (Phi) is 7.36. The van der Waals surface area contributed by atoms with Crippen LogP contribution in [-0.2, 0) is 14.3 Å². The van der Waals surface area contributed by atoms with E-state index in [-0.39, 0.29) is 23.8 Å². The van der Waals surface area contributed by atoms with E-state index in [9.17, 15) is 9.59 Å². The number of hydrogen-bond acceptors (Lipinski definition) is 6. The number of nitrogens with zero attached hydrogens (tertiary/aromatic N) is 2. The van der Waals surface area contributed by atoms with E-state index in [0.717, 1.165) is 49.3 Å². The average Bonchev–Trinajstić information content (AvgIpc) is 3.21. The standard InChI is InChI=1S/C22H32N2O5/c1-4-29-22(26)16-7-5-12-24(14-16)21(25)15-23-11-6-8-19(23)18-10-9-17(27-2)13-20(18)28-3/h9-10,13,16,19H,4-8,11-12,14-15H2,1-3H3/t16-,19+/m0/s1. The fourth-order valence-electron chi connectivity index (χ4n) is 4.39. The first-order chi connectivity index (χ1) is 14.1. The molecule has 2 saturated heterocycles. The molecule has 1 aromatic rings. The van der Waals surface area contributed by atoms with Gasteiger partial charge in [-0.25, -0.2) is 0 Å². The Morgan fingerprint density at radius 3 is 2.62 bits per heavy atom. The van der Waals surface area contributed by atoms with E-state index < -0.39 is 0 Å². The SMILES string of the molecule is CCOC(=O)[C@H]1CCCN(C(=O)CN2CCC[C@@H]2c2ccc(OC)cc2OC)C1. The van der Waals surface area contributed by atoms with Crippen LogP contribution in [0.1, 0.15) is 44.2 Å². The van der Waals surface area contributed by atoms with E-state index in [1.807, 2.05) is 30.0 Å². The number of carbonyl (C=O) groups excluding carboxylic acids is 2. The molecule has 2 heterocycles. The summed E-state index contributed by atoms with van der Waals surface area (Å²) in [7, 11) is 3.29. The van der Waals surface area contributed by atoms with Crippen LogP contribution in [0.25, 0.3) is 0 Å². The summed E-state index contributed by atoms with van der Waals surface area (Å²) in [5.41, 5.74) is 1.08. The molecule has 0 aliphatic carbocycles. The molecule has 2 aliphatic rings. The third-order valence-electron chi connectivity index (χ3n) is 5.90. The third-order valence-corrected chi connectivity index (χ3v) is 5.90. The molecule has 0 spiro atoms. The van der Waals surface area contributed by atoms with Crippen LogP contribution in [0.2, 0.25) is 0 Å². The van der Waals surface area contributed by atoms with Crippen molar-refractivity contribution in [3.63, 3.8) is 0 Å². The summed E-state index contributed by atoms with van der Waals surface area (Å²) >= 11 is 0. The van der Waals surface area contributed by atoms with Gasteiger partial charge in [0.05, 0.1) is 33.3 Å². The number of carbonyl (C=O) groups is 2. The van der Waals surface area contributed by atoms with Crippen LogP contribution in [0, 0.1) is 5.92 Å². The second-order valence-corrected chi connectivity index (χ2v) is 7.67.